The second-order valence-electron chi connectivity index (χ2n) is 6.35. The summed E-state index contributed by atoms with van der Waals surface area (Å²) in [7, 11) is -0.947. The number of piperidine rings is 1. The van der Waals surface area contributed by atoms with Crippen molar-refractivity contribution in [3.8, 4) is 0 Å². The van der Waals surface area contributed by atoms with E-state index in [1.165, 1.54) is 19.3 Å². The second kappa shape index (κ2) is 6.02. The molecule has 0 radical (unpaired) electrons. The third kappa shape index (κ3) is 3.34. The van der Waals surface area contributed by atoms with Crippen LogP contribution in [-0.4, -0.2) is 56.1 Å². The third-order valence-corrected chi connectivity index (χ3v) is 6.36. The summed E-state index contributed by atoms with van der Waals surface area (Å²) >= 11 is 0. The Labute approximate surface area is 132 Å². The highest BCUT2D eigenvalue weighted by Crippen LogP contribution is 2.25. The highest BCUT2D eigenvalue weighted by molar-refractivity contribution is 7.91. The average molecular weight is 324 g/mol. The molecule has 0 spiro atoms. The fourth-order valence-corrected chi connectivity index (χ4v) is 5.04. The molecule has 1 unspecified atom stereocenters. The van der Waals surface area contributed by atoms with Crippen molar-refractivity contribution in [3.05, 3.63) is 11.9 Å². The molecular formula is C15H24N4O2S. The van der Waals surface area contributed by atoms with E-state index in [-0.39, 0.29) is 17.5 Å². The quantitative estimate of drug-likeness (QED) is 0.837. The Kier molecular flexibility index (Phi) is 4.25. The second-order valence-corrected chi connectivity index (χ2v) is 8.58. The molecule has 22 heavy (non-hydrogen) atoms. The van der Waals surface area contributed by atoms with Gasteiger partial charge >= 0.3 is 0 Å². The number of anilines is 2. The van der Waals surface area contributed by atoms with E-state index in [4.69, 9.17) is 0 Å². The zero-order chi connectivity index (χ0) is 15.7. The van der Waals surface area contributed by atoms with E-state index < -0.39 is 9.84 Å². The number of hydrogen-bond donors (Lipinski definition) is 0. The van der Waals surface area contributed by atoms with Crippen LogP contribution in [0.25, 0.3) is 0 Å². The van der Waals surface area contributed by atoms with Crippen molar-refractivity contribution in [3.63, 3.8) is 0 Å². The highest BCUT2D eigenvalue weighted by atomic mass is 32.2. The summed E-state index contributed by atoms with van der Waals surface area (Å²) in [5.41, 5.74) is 0. The lowest BCUT2D eigenvalue weighted by atomic mass is 10.1. The summed E-state index contributed by atoms with van der Waals surface area (Å²) < 4.78 is 23.4. The van der Waals surface area contributed by atoms with Crippen LogP contribution in [0.3, 0.4) is 0 Å². The van der Waals surface area contributed by atoms with Crippen LogP contribution in [0.5, 0.6) is 0 Å². The SMILES string of the molecule is Cc1nc(N2CCCCC2)cc(N(C)C2CCS(=O)(=O)C2)n1. The maximum Gasteiger partial charge on any atom is 0.152 e. The maximum absolute atomic E-state index is 11.7. The van der Waals surface area contributed by atoms with Gasteiger partial charge in [0.25, 0.3) is 0 Å². The summed E-state index contributed by atoms with van der Waals surface area (Å²) in [6.07, 6.45) is 4.37. The van der Waals surface area contributed by atoms with E-state index in [1.807, 2.05) is 24.9 Å². The van der Waals surface area contributed by atoms with Crippen molar-refractivity contribution in [2.45, 2.75) is 38.6 Å². The Bertz CT molecular complexity index is 641. The topological polar surface area (TPSA) is 66.4 Å². The summed E-state index contributed by atoms with van der Waals surface area (Å²) in [6, 6.07) is 2.02. The number of sulfone groups is 1. The lowest BCUT2D eigenvalue weighted by Gasteiger charge is -2.30. The molecule has 122 valence electrons. The molecule has 0 aliphatic carbocycles. The van der Waals surface area contributed by atoms with Crippen LogP contribution in [0.1, 0.15) is 31.5 Å². The Morgan fingerprint density at radius 3 is 2.59 bits per heavy atom. The number of rotatable bonds is 3. The maximum atomic E-state index is 11.7. The largest absolute Gasteiger partial charge is 0.356 e. The zero-order valence-corrected chi connectivity index (χ0v) is 14.1. The third-order valence-electron chi connectivity index (χ3n) is 4.61. The van der Waals surface area contributed by atoms with Gasteiger partial charge in [-0.05, 0) is 32.6 Å². The van der Waals surface area contributed by atoms with Crippen molar-refractivity contribution in [1.29, 1.82) is 0 Å². The minimum Gasteiger partial charge on any atom is -0.356 e. The molecule has 1 aromatic heterocycles. The Hall–Kier alpha value is -1.37. The van der Waals surface area contributed by atoms with Crippen molar-refractivity contribution in [2.24, 2.45) is 0 Å². The van der Waals surface area contributed by atoms with Crippen LogP contribution in [0.15, 0.2) is 6.07 Å². The molecule has 0 amide bonds. The molecule has 7 heteroatoms. The van der Waals surface area contributed by atoms with Gasteiger partial charge in [0.2, 0.25) is 0 Å². The van der Waals surface area contributed by atoms with Gasteiger partial charge < -0.3 is 9.80 Å². The first kappa shape index (κ1) is 15.5. The highest BCUT2D eigenvalue weighted by Gasteiger charge is 2.31. The van der Waals surface area contributed by atoms with Crippen molar-refractivity contribution >= 4 is 21.5 Å². The summed E-state index contributed by atoms with van der Waals surface area (Å²) in [5.74, 6) is 3.05. The first-order valence-corrected chi connectivity index (χ1v) is 9.81. The van der Waals surface area contributed by atoms with Gasteiger partial charge in [0, 0.05) is 32.2 Å². The van der Waals surface area contributed by atoms with E-state index in [0.717, 1.165) is 30.5 Å². The molecule has 0 saturated carbocycles. The van der Waals surface area contributed by atoms with E-state index in [0.29, 0.717) is 6.42 Å². The Morgan fingerprint density at radius 1 is 1.23 bits per heavy atom. The average Bonchev–Trinajstić information content (AvgIpc) is 2.87. The fraction of sp³-hybridized carbons (Fsp3) is 0.733. The normalized spacial score (nSPS) is 24.5. The molecule has 3 heterocycles. The minimum atomic E-state index is -2.88. The smallest absolute Gasteiger partial charge is 0.152 e. The lowest BCUT2D eigenvalue weighted by Crippen LogP contribution is -2.34. The van der Waals surface area contributed by atoms with Crippen LogP contribution in [0.4, 0.5) is 11.6 Å². The predicted octanol–water partition coefficient (Wildman–Crippen LogP) is 1.40. The predicted molar refractivity (Wildman–Crippen MR) is 88.3 cm³/mol. The van der Waals surface area contributed by atoms with Crippen molar-refractivity contribution < 1.29 is 8.42 Å². The van der Waals surface area contributed by atoms with Crippen LogP contribution < -0.4 is 9.80 Å². The van der Waals surface area contributed by atoms with Gasteiger partial charge in [0.15, 0.2) is 9.84 Å². The van der Waals surface area contributed by atoms with Crippen molar-refractivity contribution in [2.75, 3.05) is 41.4 Å². The standard InChI is InChI=1S/C15H24N4O2S/c1-12-16-14(18(2)13-6-9-22(20,21)11-13)10-15(17-12)19-7-4-3-5-8-19/h10,13H,3-9,11H2,1-2H3. The molecule has 2 saturated heterocycles. The van der Waals surface area contributed by atoms with Crippen LogP contribution in [0.2, 0.25) is 0 Å². The van der Waals surface area contributed by atoms with Crippen molar-refractivity contribution in [1.82, 2.24) is 9.97 Å². The van der Waals surface area contributed by atoms with E-state index >= 15 is 0 Å². The Morgan fingerprint density at radius 2 is 1.95 bits per heavy atom. The molecule has 3 rings (SSSR count). The zero-order valence-electron chi connectivity index (χ0n) is 13.3. The van der Waals surface area contributed by atoms with Gasteiger partial charge in [-0.2, -0.15) is 0 Å². The molecule has 0 N–H and O–H groups in total. The number of aryl methyl sites for hydroxylation is 1. The summed E-state index contributed by atoms with van der Waals surface area (Å²) in [5, 5.41) is 0. The number of aromatic nitrogens is 2. The van der Waals surface area contributed by atoms with Gasteiger partial charge in [-0.15, -0.1) is 0 Å². The number of nitrogens with zero attached hydrogens (tertiary/aromatic N) is 4. The first-order chi connectivity index (χ1) is 10.4. The van der Waals surface area contributed by atoms with Crippen LogP contribution >= 0.6 is 0 Å². The molecule has 2 aliphatic rings. The molecule has 6 nitrogen and oxygen atoms in total. The van der Waals surface area contributed by atoms with E-state index in [2.05, 4.69) is 14.9 Å². The Balaban J connectivity index is 1.82. The lowest BCUT2D eigenvalue weighted by molar-refractivity contribution is 0.572. The molecule has 1 aromatic rings. The summed E-state index contributed by atoms with van der Waals surface area (Å²) in [6.45, 7) is 3.98. The van der Waals surface area contributed by atoms with E-state index in [9.17, 15) is 8.42 Å². The van der Waals surface area contributed by atoms with Crippen LogP contribution in [-0.2, 0) is 9.84 Å². The van der Waals surface area contributed by atoms with Gasteiger partial charge in [-0.3, -0.25) is 0 Å². The number of hydrogen-bond acceptors (Lipinski definition) is 6. The molecule has 0 bridgehead atoms. The molecule has 1 atom stereocenters. The van der Waals surface area contributed by atoms with E-state index in [1.54, 1.807) is 0 Å². The first-order valence-electron chi connectivity index (χ1n) is 7.98. The van der Waals surface area contributed by atoms with Gasteiger partial charge in [-0.25, -0.2) is 18.4 Å². The molecule has 2 aliphatic heterocycles. The monoisotopic (exact) mass is 324 g/mol. The van der Waals surface area contributed by atoms with Crippen LogP contribution in [0, 0.1) is 6.92 Å². The van der Waals surface area contributed by atoms with Gasteiger partial charge in [0.05, 0.1) is 11.5 Å². The molecule has 0 aromatic carbocycles. The minimum absolute atomic E-state index is 0.0218. The molecule has 2 fully saturated rings. The van der Waals surface area contributed by atoms with Gasteiger partial charge in [0.1, 0.15) is 17.5 Å². The fourth-order valence-electron chi connectivity index (χ4n) is 3.27. The summed E-state index contributed by atoms with van der Waals surface area (Å²) in [4.78, 5) is 13.4. The van der Waals surface area contributed by atoms with Gasteiger partial charge in [-0.1, -0.05) is 0 Å². The molecular weight excluding hydrogens is 300 g/mol.